The summed E-state index contributed by atoms with van der Waals surface area (Å²) < 4.78 is 27.3. The maximum Gasteiger partial charge on any atom is 0.242 e. The number of hydrogen-bond acceptors (Lipinski definition) is 4. The van der Waals surface area contributed by atoms with E-state index in [1.54, 1.807) is 48.2 Å². The van der Waals surface area contributed by atoms with Gasteiger partial charge in [-0.3, -0.25) is 9.59 Å². The maximum absolute atomic E-state index is 13.2. The summed E-state index contributed by atoms with van der Waals surface area (Å²) >= 11 is 5.98. The largest absolute Gasteiger partial charge is 0.354 e. The zero-order valence-electron chi connectivity index (χ0n) is 19.6. The van der Waals surface area contributed by atoms with Crippen molar-refractivity contribution in [3.8, 4) is 0 Å². The molecule has 2 N–H and O–H groups in total. The summed E-state index contributed by atoms with van der Waals surface area (Å²) in [6, 6.07) is 13.2. The van der Waals surface area contributed by atoms with Crippen molar-refractivity contribution in [3.05, 3.63) is 64.7 Å². The van der Waals surface area contributed by atoms with Crippen LogP contribution in [-0.4, -0.2) is 43.8 Å². The van der Waals surface area contributed by atoms with Crippen LogP contribution in [0.2, 0.25) is 5.02 Å². The molecule has 2 aromatic rings. The number of halogens is 1. The minimum Gasteiger partial charge on any atom is -0.354 e. The van der Waals surface area contributed by atoms with Crippen LogP contribution in [0.25, 0.3) is 0 Å². The van der Waals surface area contributed by atoms with E-state index in [0.29, 0.717) is 24.5 Å². The standard InChI is InChI=1S/C25H32ClN3O4S/c1-3-16-27-25(31)18(2)29(17-20-4-9-21(26)10-5-20)24(30)15-8-19-6-13-23(14-7-19)34(32,33)28-22-11-12-22/h4-7,9-10,13-14,18,22,28H,3,8,11-12,15-17H2,1-2H3,(H,27,31). The molecule has 0 aromatic heterocycles. The third-order valence-electron chi connectivity index (χ3n) is 5.74. The van der Waals surface area contributed by atoms with E-state index in [1.807, 2.05) is 19.1 Å². The number of nitrogens with zero attached hydrogens (tertiary/aromatic N) is 1. The summed E-state index contributed by atoms with van der Waals surface area (Å²) in [6.45, 7) is 4.54. The summed E-state index contributed by atoms with van der Waals surface area (Å²) in [7, 11) is -3.50. The Labute approximate surface area is 206 Å². The number of carbonyl (C=O) groups excluding carboxylic acids is 2. The highest BCUT2D eigenvalue weighted by atomic mass is 35.5. The van der Waals surface area contributed by atoms with Gasteiger partial charge >= 0.3 is 0 Å². The second-order valence-corrected chi connectivity index (χ2v) is 10.8. The number of amides is 2. The Balaban J connectivity index is 1.66. The Morgan fingerprint density at radius 3 is 2.26 bits per heavy atom. The summed E-state index contributed by atoms with van der Waals surface area (Å²) in [5, 5.41) is 3.46. The van der Waals surface area contributed by atoms with E-state index >= 15 is 0 Å². The molecule has 1 unspecified atom stereocenters. The number of sulfonamides is 1. The van der Waals surface area contributed by atoms with E-state index in [9.17, 15) is 18.0 Å². The van der Waals surface area contributed by atoms with E-state index in [2.05, 4.69) is 10.0 Å². The molecule has 0 radical (unpaired) electrons. The second-order valence-electron chi connectivity index (χ2n) is 8.65. The predicted octanol–water partition coefficient (Wildman–Crippen LogP) is 3.66. The number of rotatable bonds is 12. The van der Waals surface area contributed by atoms with Gasteiger partial charge < -0.3 is 10.2 Å². The maximum atomic E-state index is 13.2. The third kappa shape index (κ3) is 7.55. The normalized spacial score (nSPS) is 14.4. The van der Waals surface area contributed by atoms with Gasteiger partial charge in [-0.05, 0) is 68.0 Å². The SMILES string of the molecule is CCCNC(=O)C(C)N(Cc1ccc(Cl)cc1)C(=O)CCc1ccc(S(=O)(=O)NC2CC2)cc1. The Bertz CT molecular complexity index is 1080. The molecule has 184 valence electrons. The van der Waals surface area contributed by atoms with Gasteiger partial charge in [-0.15, -0.1) is 0 Å². The lowest BCUT2D eigenvalue weighted by molar-refractivity contribution is -0.140. The van der Waals surface area contributed by atoms with Crippen molar-refractivity contribution in [2.24, 2.45) is 0 Å². The Hall–Kier alpha value is -2.42. The van der Waals surface area contributed by atoms with Crippen molar-refractivity contribution < 1.29 is 18.0 Å². The minimum absolute atomic E-state index is 0.0467. The average molecular weight is 506 g/mol. The zero-order valence-corrected chi connectivity index (χ0v) is 21.2. The van der Waals surface area contributed by atoms with Crippen LogP contribution >= 0.6 is 11.6 Å². The van der Waals surface area contributed by atoms with Gasteiger partial charge in [0.2, 0.25) is 21.8 Å². The van der Waals surface area contributed by atoms with E-state index in [1.165, 1.54) is 0 Å². The zero-order chi connectivity index (χ0) is 24.7. The molecular formula is C25H32ClN3O4S. The molecule has 9 heteroatoms. The number of benzene rings is 2. The minimum atomic E-state index is -3.50. The molecule has 2 amide bonds. The molecule has 1 fully saturated rings. The van der Waals surface area contributed by atoms with Crippen LogP contribution in [0, 0.1) is 0 Å². The number of carbonyl (C=O) groups is 2. The van der Waals surface area contributed by atoms with Crippen molar-refractivity contribution in [2.75, 3.05) is 6.54 Å². The highest BCUT2D eigenvalue weighted by Crippen LogP contribution is 2.22. The first kappa shape index (κ1) is 26.2. The van der Waals surface area contributed by atoms with Crippen LogP contribution in [0.1, 0.15) is 50.7 Å². The lowest BCUT2D eigenvalue weighted by Gasteiger charge is -2.29. The Kier molecular flexibility index (Phi) is 9.10. The Morgan fingerprint density at radius 1 is 1.06 bits per heavy atom. The molecule has 1 saturated carbocycles. The number of nitrogens with one attached hydrogen (secondary N) is 2. The van der Waals surface area contributed by atoms with Gasteiger partial charge in [-0.2, -0.15) is 0 Å². The van der Waals surface area contributed by atoms with Gasteiger partial charge in [0.05, 0.1) is 4.90 Å². The van der Waals surface area contributed by atoms with Crippen molar-refractivity contribution in [1.29, 1.82) is 0 Å². The fraction of sp³-hybridized carbons (Fsp3) is 0.440. The van der Waals surface area contributed by atoms with Crippen LogP contribution in [0.5, 0.6) is 0 Å². The van der Waals surface area contributed by atoms with Gasteiger partial charge in [-0.1, -0.05) is 42.8 Å². The molecule has 34 heavy (non-hydrogen) atoms. The van der Waals surface area contributed by atoms with Crippen LogP contribution in [0.3, 0.4) is 0 Å². The molecule has 0 aliphatic heterocycles. The lowest BCUT2D eigenvalue weighted by atomic mass is 10.1. The molecule has 7 nitrogen and oxygen atoms in total. The third-order valence-corrected chi connectivity index (χ3v) is 7.53. The summed E-state index contributed by atoms with van der Waals surface area (Å²) in [4.78, 5) is 27.6. The summed E-state index contributed by atoms with van der Waals surface area (Å²) in [5.74, 6) is -0.344. The molecular weight excluding hydrogens is 474 g/mol. The monoisotopic (exact) mass is 505 g/mol. The molecule has 1 aliphatic carbocycles. The number of aryl methyl sites for hydroxylation is 1. The van der Waals surface area contributed by atoms with Gasteiger partial charge in [0.15, 0.2) is 0 Å². The highest BCUT2D eigenvalue weighted by Gasteiger charge is 2.28. The van der Waals surface area contributed by atoms with Crippen molar-refractivity contribution in [2.45, 2.75) is 69.5 Å². The molecule has 2 aromatic carbocycles. The molecule has 1 atom stereocenters. The molecule has 1 aliphatic rings. The smallest absolute Gasteiger partial charge is 0.242 e. The van der Waals surface area contributed by atoms with E-state index < -0.39 is 16.1 Å². The molecule has 3 rings (SSSR count). The quantitative estimate of drug-likeness (QED) is 0.460. The first-order valence-corrected chi connectivity index (χ1v) is 13.5. The number of hydrogen-bond donors (Lipinski definition) is 2. The summed E-state index contributed by atoms with van der Waals surface area (Å²) in [5.41, 5.74) is 1.74. The van der Waals surface area contributed by atoms with Crippen molar-refractivity contribution in [3.63, 3.8) is 0 Å². The molecule has 0 spiro atoms. The first-order valence-electron chi connectivity index (χ1n) is 11.6. The predicted molar refractivity (Wildman–Crippen MR) is 133 cm³/mol. The average Bonchev–Trinajstić information content (AvgIpc) is 3.63. The molecule has 0 bridgehead atoms. The van der Waals surface area contributed by atoms with E-state index in [4.69, 9.17) is 11.6 Å². The first-order chi connectivity index (χ1) is 16.2. The molecule has 0 saturated heterocycles. The molecule has 0 heterocycles. The van der Waals surface area contributed by atoms with Gasteiger partial charge in [0, 0.05) is 30.6 Å². The van der Waals surface area contributed by atoms with Crippen LogP contribution < -0.4 is 10.0 Å². The van der Waals surface area contributed by atoms with Crippen LogP contribution in [0.15, 0.2) is 53.4 Å². The van der Waals surface area contributed by atoms with E-state index in [-0.39, 0.29) is 29.2 Å². The highest BCUT2D eigenvalue weighted by molar-refractivity contribution is 7.89. The van der Waals surface area contributed by atoms with Crippen molar-refractivity contribution in [1.82, 2.24) is 14.9 Å². The second kappa shape index (κ2) is 11.8. The van der Waals surface area contributed by atoms with E-state index in [0.717, 1.165) is 30.4 Å². The van der Waals surface area contributed by atoms with Crippen LogP contribution in [-0.2, 0) is 32.6 Å². The topological polar surface area (TPSA) is 95.6 Å². The fourth-order valence-electron chi connectivity index (χ4n) is 3.48. The van der Waals surface area contributed by atoms with Crippen LogP contribution in [0.4, 0.5) is 0 Å². The van der Waals surface area contributed by atoms with Gasteiger partial charge in [0.25, 0.3) is 0 Å². The van der Waals surface area contributed by atoms with Gasteiger partial charge in [-0.25, -0.2) is 13.1 Å². The summed E-state index contributed by atoms with van der Waals surface area (Å²) in [6.07, 6.45) is 3.20. The van der Waals surface area contributed by atoms with Crippen molar-refractivity contribution >= 4 is 33.4 Å². The Morgan fingerprint density at radius 2 is 1.68 bits per heavy atom. The van der Waals surface area contributed by atoms with Gasteiger partial charge in [0.1, 0.15) is 6.04 Å². The fourth-order valence-corrected chi connectivity index (χ4v) is 4.91. The lowest BCUT2D eigenvalue weighted by Crippen LogP contribution is -2.47.